The van der Waals surface area contributed by atoms with Crippen LogP contribution in [0.15, 0.2) is 53.5 Å². The highest BCUT2D eigenvalue weighted by atomic mass is 16.4. The number of carboxylic acids is 1. The summed E-state index contributed by atoms with van der Waals surface area (Å²) in [4.78, 5) is 17.3. The first-order valence-corrected chi connectivity index (χ1v) is 6.21. The molecular formula is C16H16N2O2. The summed E-state index contributed by atoms with van der Waals surface area (Å²) in [5, 5.41) is 9.08. The predicted octanol–water partition coefficient (Wildman–Crippen LogP) is 3.20. The average Bonchev–Trinajstić information content (AvgIpc) is 2.45. The molecule has 102 valence electrons. The van der Waals surface area contributed by atoms with Crippen molar-refractivity contribution < 1.29 is 9.90 Å². The zero-order valence-corrected chi connectivity index (χ0v) is 11.4. The molecular weight excluding hydrogens is 252 g/mol. The van der Waals surface area contributed by atoms with E-state index in [0.717, 1.165) is 11.3 Å². The molecule has 0 heterocycles. The van der Waals surface area contributed by atoms with Crippen LogP contribution in [0, 0.1) is 0 Å². The number of rotatable bonds is 4. The maximum Gasteiger partial charge on any atom is 0.337 e. The molecule has 0 aliphatic heterocycles. The molecule has 2 aromatic rings. The van der Waals surface area contributed by atoms with Crippen LogP contribution in [0.2, 0.25) is 0 Å². The van der Waals surface area contributed by atoms with Crippen molar-refractivity contribution in [2.45, 2.75) is 0 Å². The fourth-order valence-electron chi connectivity index (χ4n) is 1.77. The maximum absolute atomic E-state index is 11.1. The maximum atomic E-state index is 11.1. The molecule has 0 atom stereocenters. The quantitative estimate of drug-likeness (QED) is 0.866. The Morgan fingerprint density at radius 3 is 2.35 bits per heavy atom. The number of nitrogens with zero attached hydrogens (tertiary/aromatic N) is 2. The van der Waals surface area contributed by atoms with Gasteiger partial charge < -0.3 is 10.0 Å². The molecule has 0 aliphatic rings. The van der Waals surface area contributed by atoms with E-state index in [1.165, 1.54) is 0 Å². The largest absolute Gasteiger partial charge is 0.478 e. The van der Waals surface area contributed by atoms with Gasteiger partial charge in [-0.05, 0) is 29.8 Å². The van der Waals surface area contributed by atoms with Gasteiger partial charge in [-0.15, -0.1) is 0 Å². The Kier molecular flexibility index (Phi) is 4.15. The van der Waals surface area contributed by atoms with E-state index in [-0.39, 0.29) is 5.56 Å². The molecule has 2 aromatic carbocycles. The predicted molar refractivity (Wildman–Crippen MR) is 81.4 cm³/mol. The van der Waals surface area contributed by atoms with Crippen LogP contribution in [0.3, 0.4) is 0 Å². The van der Waals surface area contributed by atoms with Crippen LogP contribution in [0.25, 0.3) is 0 Å². The van der Waals surface area contributed by atoms with Gasteiger partial charge in [-0.1, -0.05) is 24.3 Å². The molecule has 0 saturated heterocycles. The Hall–Kier alpha value is -2.62. The van der Waals surface area contributed by atoms with Crippen LogP contribution in [-0.4, -0.2) is 31.4 Å². The van der Waals surface area contributed by atoms with Gasteiger partial charge >= 0.3 is 5.97 Å². The molecule has 0 saturated carbocycles. The van der Waals surface area contributed by atoms with Crippen LogP contribution in [-0.2, 0) is 0 Å². The number of anilines is 1. The van der Waals surface area contributed by atoms with Crippen LogP contribution in [0.5, 0.6) is 0 Å². The van der Waals surface area contributed by atoms with Crippen molar-refractivity contribution in [2.75, 3.05) is 19.0 Å². The van der Waals surface area contributed by atoms with Crippen LogP contribution in [0.4, 0.5) is 11.4 Å². The Balaban J connectivity index is 2.23. The fourth-order valence-corrected chi connectivity index (χ4v) is 1.77. The molecule has 0 amide bonds. The smallest absolute Gasteiger partial charge is 0.337 e. The monoisotopic (exact) mass is 268 g/mol. The van der Waals surface area contributed by atoms with E-state index >= 15 is 0 Å². The first kappa shape index (κ1) is 13.8. The summed E-state index contributed by atoms with van der Waals surface area (Å²) in [7, 11) is 3.96. The van der Waals surface area contributed by atoms with Gasteiger partial charge in [-0.3, -0.25) is 4.99 Å². The van der Waals surface area contributed by atoms with Gasteiger partial charge in [0.1, 0.15) is 0 Å². The molecule has 4 nitrogen and oxygen atoms in total. The van der Waals surface area contributed by atoms with Crippen molar-refractivity contribution in [3.63, 3.8) is 0 Å². The SMILES string of the molecule is CN(C)c1ccc(C=Nc2ccccc2C(=O)O)cc1. The molecule has 2 rings (SSSR count). The van der Waals surface area contributed by atoms with E-state index in [1.807, 2.05) is 43.3 Å². The van der Waals surface area contributed by atoms with Gasteiger partial charge in [0, 0.05) is 26.0 Å². The van der Waals surface area contributed by atoms with Crippen LogP contribution >= 0.6 is 0 Å². The summed E-state index contributed by atoms with van der Waals surface area (Å²) < 4.78 is 0. The highest BCUT2D eigenvalue weighted by Crippen LogP contribution is 2.19. The summed E-state index contributed by atoms with van der Waals surface area (Å²) in [6, 6.07) is 14.6. The van der Waals surface area contributed by atoms with Crippen LogP contribution in [0.1, 0.15) is 15.9 Å². The number of aliphatic imine (C=N–C) groups is 1. The molecule has 0 aliphatic carbocycles. The molecule has 0 radical (unpaired) electrons. The summed E-state index contributed by atoms with van der Waals surface area (Å²) in [5.74, 6) is -0.972. The normalized spacial score (nSPS) is 10.7. The van der Waals surface area contributed by atoms with Crippen LogP contribution < -0.4 is 4.90 Å². The number of hydrogen-bond acceptors (Lipinski definition) is 3. The first-order chi connectivity index (χ1) is 9.58. The number of para-hydroxylation sites is 1. The summed E-state index contributed by atoms with van der Waals surface area (Å²) in [6.45, 7) is 0. The van der Waals surface area contributed by atoms with E-state index in [9.17, 15) is 4.79 Å². The molecule has 0 aromatic heterocycles. The lowest BCUT2D eigenvalue weighted by molar-refractivity contribution is 0.0698. The summed E-state index contributed by atoms with van der Waals surface area (Å²) >= 11 is 0. The average molecular weight is 268 g/mol. The minimum absolute atomic E-state index is 0.202. The van der Waals surface area contributed by atoms with Gasteiger partial charge in [0.15, 0.2) is 0 Å². The molecule has 0 spiro atoms. The van der Waals surface area contributed by atoms with E-state index in [4.69, 9.17) is 5.11 Å². The molecule has 4 heteroatoms. The van der Waals surface area contributed by atoms with E-state index < -0.39 is 5.97 Å². The second-order valence-corrected chi connectivity index (χ2v) is 4.57. The number of hydrogen-bond donors (Lipinski definition) is 1. The molecule has 0 unspecified atom stereocenters. The number of carbonyl (C=O) groups is 1. The second-order valence-electron chi connectivity index (χ2n) is 4.57. The molecule has 1 N–H and O–H groups in total. The zero-order valence-electron chi connectivity index (χ0n) is 11.4. The fraction of sp³-hybridized carbons (Fsp3) is 0.125. The minimum atomic E-state index is -0.972. The van der Waals surface area contributed by atoms with Gasteiger partial charge in [0.2, 0.25) is 0 Å². The Labute approximate surface area is 118 Å². The van der Waals surface area contributed by atoms with Gasteiger partial charge in [-0.25, -0.2) is 4.79 Å². The van der Waals surface area contributed by atoms with E-state index in [2.05, 4.69) is 4.99 Å². The number of aromatic carboxylic acids is 1. The Morgan fingerprint density at radius 1 is 1.10 bits per heavy atom. The van der Waals surface area contributed by atoms with Gasteiger partial charge in [-0.2, -0.15) is 0 Å². The van der Waals surface area contributed by atoms with Crippen molar-refractivity contribution in [1.82, 2.24) is 0 Å². The van der Waals surface area contributed by atoms with Crippen molar-refractivity contribution >= 4 is 23.6 Å². The van der Waals surface area contributed by atoms with Gasteiger partial charge in [0.05, 0.1) is 11.3 Å². The molecule has 0 bridgehead atoms. The van der Waals surface area contributed by atoms with E-state index in [1.54, 1.807) is 30.5 Å². The second kappa shape index (κ2) is 6.02. The third-order valence-corrected chi connectivity index (χ3v) is 2.90. The van der Waals surface area contributed by atoms with Crippen molar-refractivity contribution in [3.05, 3.63) is 59.7 Å². The highest BCUT2D eigenvalue weighted by molar-refractivity contribution is 5.95. The van der Waals surface area contributed by atoms with Crippen molar-refractivity contribution in [2.24, 2.45) is 4.99 Å². The van der Waals surface area contributed by atoms with Crippen molar-refractivity contribution in [1.29, 1.82) is 0 Å². The minimum Gasteiger partial charge on any atom is -0.478 e. The number of benzene rings is 2. The lowest BCUT2D eigenvalue weighted by Crippen LogP contribution is -2.08. The van der Waals surface area contributed by atoms with E-state index in [0.29, 0.717) is 5.69 Å². The lowest BCUT2D eigenvalue weighted by atomic mass is 10.2. The highest BCUT2D eigenvalue weighted by Gasteiger charge is 2.06. The standard InChI is InChI=1S/C16H16N2O2/c1-18(2)13-9-7-12(8-10-13)11-17-15-6-4-3-5-14(15)16(19)20/h3-11H,1-2H3,(H,19,20). The molecule has 0 fully saturated rings. The topological polar surface area (TPSA) is 52.9 Å². The first-order valence-electron chi connectivity index (χ1n) is 6.21. The zero-order chi connectivity index (χ0) is 14.5. The Morgan fingerprint density at radius 2 is 1.75 bits per heavy atom. The molecule has 20 heavy (non-hydrogen) atoms. The summed E-state index contributed by atoms with van der Waals surface area (Å²) in [6.07, 6.45) is 1.67. The number of carboxylic acid groups (broad SMARTS) is 1. The summed E-state index contributed by atoms with van der Waals surface area (Å²) in [5.41, 5.74) is 2.69. The third kappa shape index (κ3) is 3.23. The third-order valence-electron chi connectivity index (χ3n) is 2.90. The van der Waals surface area contributed by atoms with Gasteiger partial charge in [0.25, 0.3) is 0 Å². The van der Waals surface area contributed by atoms with Crippen molar-refractivity contribution in [3.8, 4) is 0 Å². The lowest BCUT2D eigenvalue weighted by Gasteiger charge is -2.11. The Bertz CT molecular complexity index is 631.